The number of hydrogen-bond donors (Lipinski definition) is 0. The Hall–Kier alpha value is -3.10. The lowest BCUT2D eigenvalue weighted by molar-refractivity contribution is 0.0531. The summed E-state index contributed by atoms with van der Waals surface area (Å²) in [6.45, 7) is 3.96. The van der Waals surface area contributed by atoms with Gasteiger partial charge in [-0.3, -0.25) is 0 Å². The molecule has 2 aromatic carbocycles. The monoisotopic (exact) mass is 466 g/mol. The Balaban J connectivity index is 1.75. The SMILES string of the molecule is CCOC(=O)c1sc2nc(CSc3ccccc3)nc(Oc3cccc(OC)c3)c2c1C. The van der Waals surface area contributed by atoms with Crippen LogP contribution in [-0.2, 0) is 10.5 Å². The first-order valence-corrected chi connectivity index (χ1v) is 11.9. The van der Waals surface area contributed by atoms with E-state index >= 15 is 0 Å². The molecule has 0 spiro atoms. The first-order valence-electron chi connectivity index (χ1n) is 10.1. The Bertz CT molecular complexity index is 1240. The maximum absolute atomic E-state index is 12.5. The first kappa shape index (κ1) is 22.1. The topological polar surface area (TPSA) is 70.5 Å². The summed E-state index contributed by atoms with van der Waals surface area (Å²) < 4.78 is 16.7. The van der Waals surface area contributed by atoms with E-state index in [2.05, 4.69) is 0 Å². The van der Waals surface area contributed by atoms with Crippen LogP contribution in [0.15, 0.2) is 59.5 Å². The van der Waals surface area contributed by atoms with Crippen LogP contribution < -0.4 is 9.47 Å². The average Bonchev–Trinajstić information content (AvgIpc) is 3.15. The summed E-state index contributed by atoms with van der Waals surface area (Å²) in [6, 6.07) is 17.4. The van der Waals surface area contributed by atoms with Crippen LogP contribution in [0, 0.1) is 6.92 Å². The number of aryl methyl sites for hydroxylation is 1. The molecular weight excluding hydrogens is 444 g/mol. The molecule has 0 fully saturated rings. The molecule has 32 heavy (non-hydrogen) atoms. The number of methoxy groups -OCH3 is 1. The number of thiophene rings is 1. The molecule has 2 aromatic heterocycles. The van der Waals surface area contributed by atoms with Crippen molar-refractivity contribution >= 4 is 39.3 Å². The molecule has 0 bridgehead atoms. The van der Waals surface area contributed by atoms with Crippen LogP contribution in [-0.4, -0.2) is 29.7 Å². The van der Waals surface area contributed by atoms with Crippen LogP contribution in [0.1, 0.15) is 28.0 Å². The van der Waals surface area contributed by atoms with Crippen LogP contribution in [0.2, 0.25) is 0 Å². The van der Waals surface area contributed by atoms with Crippen LogP contribution in [0.25, 0.3) is 10.2 Å². The van der Waals surface area contributed by atoms with Gasteiger partial charge in [-0.2, -0.15) is 4.98 Å². The molecular formula is C24H22N2O4S2. The van der Waals surface area contributed by atoms with E-state index in [1.165, 1.54) is 11.3 Å². The molecule has 0 radical (unpaired) electrons. The van der Waals surface area contributed by atoms with Gasteiger partial charge >= 0.3 is 5.97 Å². The summed E-state index contributed by atoms with van der Waals surface area (Å²) in [4.78, 5) is 24.2. The van der Waals surface area contributed by atoms with Gasteiger partial charge in [0.05, 0.1) is 24.9 Å². The van der Waals surface area contributed by atoms with Crippen molar-refractivity contribution in [3.8, 4) is 17.4 Å². The number of nitrogens with zero attached hydrogens (tertiary/aromatic N) is 2. The van der Waals surface area contributed by atoms with Crippen LogP contribution in [0.5, 0.6) is 17.4 Å². The normalized spacial score (nSPS) is 10.8. The standard InChI is InChI=1S/C24H22N2O4S2/c1-4-29-24(27)21-15(2)20-22(30-17-10-8-9-16(13-17)28-3)25-19(26-23(20)32-21)14-31-18-11-6-5-7-12-18/h5-13H,4,14H2,1-3H3. The van der Waals surface area contributed by atoms with E-state index in [1.807, 2.05) is 55.5 Å². The van der Waals surface area contributed by atoms with Crippen molar-refractivity contribution < 1.29 is 19.0 Å². The highest BCUT2D eigenvalue weighted by molar-refractivity contribution is 7.98. The molecule has 164 valence electrons. The number of hydrogen-bond acceptors (Lipinski definition) is 8. The molecule has 0 unspecified atom stereocenters. The van der Waals surface area contributed by atoms with E-state index in [0.29, 0.717) is 50.7 Å². The van der Waals surface area contributed by atoms with Crippen molar-refractivity contribution in [3.05, 3.63) is 70.9 Å². The highest BCUT2D eigenvalue weighted by Gasteiger charge is 2.22. The Labute approximate surface area is 194 Å². The maximum Gasteiger partial charge on any atom is 0.348 e. The summed E-state index contributed by atoms with van der Waals surface area (Å²) in [5.74, 6) is 2.52. The van der Waals surface area contributed by atoms with Gasteiger partial charge in [-0.1, -0.05) is 24.3 Å². The second-order valence-electron chi connectivity index (χ2n) is 6.78. The van der Waals surface area contributed by atoms with Gasteiger partial charge in [0.2, 0.25) is 5.88 Å². The lowest BCUT2D eigenvalue weighted by Crippen LogP contribution is -2.03. The highest BCUT2D eigenvalue weighted by atomic mass is 32.2. The predicted octanol–water partition coefficient (Wildman–Crippen LogP) is 6.27. The Kier molecular flexibility index (Phi) is 6.92. The molecule has 0 amide bonds. The minimum Gasteiger partial charge on any atom is -0.497 e. The third-order valence-electron chi connectivity index (χ3n) is 4.63. The lowest BCUT2D eigenvalue weighted by Gasteiger charge is -2.10. The molecule has 0 saturated carbocycles. The molecule has 0 saturated heterocycles. The summed E-state index contributed by atoms with van der Waals surface area (Å²) in [5.41, 5.74) is 0.753. The minimum absolute atomic E-state index is 0.310. The fourth-order valence-electron chi connectivity index (χ4n) is 3.11. The number of thioether (sulfide) groups is 1. The van der Waals surface area contributed by atoms with Gasteiger partial charge in [-0.25, -0.2) is 9.78 Å². The molecule has 0 aliphatic carbocycles. The number of benzene rings is 2. The third kappa shape index (κ3) is 4.87. The van der Waals surface area contributed by atoms with Crippen molar-refractivity contribution in [1.29, 1.82) is 0 Å². The van der Waals surface area contributed by atoms with Crippen LogP contribution in [0.3, 0.4) is 0 Å². The second kappa shape index (κ2) is 10.0. The minimum atomic E-state index is -0.361. The van der Waals surface area contributed by atoms with E-state index in [-0.39, 0.29) is 5.97 Å². The van der Waals surface area contributed by atoms with Gasteiger partial charge in [0.25, 0.3) is 0 Å². The molecule has 0 N–H and O–H groups in total. The largest absolute Gasteiger partial charge is 0.497 e. The quantitative estimate of drug-likeness (QED) is 0.224. The Morgan fingerprint density at radius 2 is 1.84 bits per heavy atom. The van der Waals surface area contributed by atoms with E-state index < -0.39 is 0 Å². The second-order valence-corrected chi connectivity index (χ2v) is 8.83. The fraction of sp³-hybridized carbons (Fsp3) is 0.208. The van der Waals surface area contributed by atoms with Crippen LogP contribution >= 0.6 is 23.1 Å². The number of ether oxygens (including phenoxy) is 3. The molecule has 4 aromatic rings. The first-order chi connectivity index (χ1) is 15.6. The number of carbonyl (C=O) groups is 1. The van der Waals surface area contributed by atoms with Crippen molar-refractivity contribution in [3.63, 3.8) is 0 Å². The zero-order chi connectivity index (χ0) is 22.5. The number of carbonyl (C=O) groups excluding carboxylic acids is 1. The molecule has 2 heterocycles. The number of rotatable bonds is 8. The lowest BCUT2D eigenvalue weighted by atomic mass is 10.2. The fourth-order valence-corrected chi connectivity index (χ4v) is 4.97. The third-order valence-corrected chi connectivity index (χ3v) is 6.80. The van der Waals surface area contributed by atoms with Gasteiger partial charge < -0.3 is 14.2 Å². The predicted molar refractivity (Wildman–Crippen MR) is 127 cm³/mol. The smallest absolute Gasteiger partial charge is 0.348 e. The van der Waals surface area contributed by atoms with Gasteiger partial charge in [0, 0.05) is 11.0 Å². The van der Waals surface area contributed by atoms with Crippen molar-refractivity contribution in [2.45, 2.75) is 24.5 Å². The Morgan fingerprint density at radius 3 is 2.59 bits per heavy atom. The average molecular weight is 467 g/mol. The molecule has 0 atom stereocenters. The number of aromatic nitrogens is 2. The Morgan fingerprint density at radius 1 is 1.06 bits per heavy atom. The van der Waals surface area contributed by atoms with Crippen molar-refractivity contribution in [2.75, 3.05) is 13.7 Å². The number of fused-ring (bicyclic) bond motifs is 1. The van der Waals surface area contributed by atoms with Gasteiger partial charge in [-0.05, 0) is 43.7 Å². The zero-order valence-corrected chi connectivity index (χ0v) is 19.6. The van der Waals surface area contributed by atoms with E-state index in [9.17, 15) is 4.79 Å². The van der Waals surface area contributed by atoms with E-state index in [1.54, 1.807) is 31.9 Å². The van der Waals surface area contributed by atoms with Gasteiger partial charge in [-0.15, -0.1) is 23.1 Å². The zero-order valence-electron chi connectivity index (χ0n) is 18.0. The van der Waals surface area contributed by atoms with Crippen molar-refractivity contribution in [1.82, 2.24) is 9.97 Å². The number of esters is 1. The van der Waals surface area contributed by atoms with Crippen LogP contribution in [0.4, 0.5) is 0 Å². The molecule has 8 heteroatoms. The summed E-state index contributed by atoms with van der Waals surface area (Å²) in [6.07, 6.45) is 0. The van der Waals surface area contributed by atoms with E-state index in [0.717, 1.165) is 10.5 Å². The summed E-state index contributed by atoms with van der Waals surface area (Å²) in [5, 5.41) is 0.717. The molecule has 0 aliphatic rings. The molecule has 6 nitrogen and oxygen atoms in total. The van der Waals surface area contributed by atoms with E-state index in [4.69, 9.17) is 24.2 Å². The summed E-state index contributed by atoms with van der Waals surface area (Å²) >= 11 is 2.94. The van der Waals surface area contributed by atoms with Gasteiger partial charge in [0.1, 0.15) is 27.0 Å². The molecule has 0 aliphatic heterocycles. The van der Waals surface area contributed by atoms with Crippen molar-refractivity contribution in [2.24, 2.45) is 0 Å². The summed E-state index contributed by atoms with van der Waals surface area (Å²) in [7, 11) is 1.61. The highest BCUT2D eigenvalue weighted by Crippen LogP contribution is 2.38. The maximum atomic E-state index is 12.5. The molecule has 4 rings (SSSR count). The van der Waals surface area contributed by atoms with Gasteiger partial charge in [0.15, 0.2) is 0 Å².